The van der Waals surface area contributed by atoms with Gasteiger partial charge in [0.05, 0.1) is 5.02 Å². The van der Waals surface area contributed by atoms with Crippen molar-refractivity contribution < 1.29 is 0 Å². The first-order valence-corrected chi connectivity index (χ1v) is 2.81. The van der Waals surface area contributed by atoms with Crippen molar-refractivity contribution in [3.8, 4) is 0 Å². The molecule has 0 amide bonds. The van der Waals surface area contributed by atoms with Crippen LogP contribution in [-0.4, -0.2) is 0 Å². The fraction of sp³-hybridized carbons (Fsp3) is 0.143. The van der Waals surface area contributed by atoms with Gasteiger partial charge in [-0.15, -0.1) is 0 Å². The lowest BCUT2D eigenvalue weighted by atomic mass is 10.2. The van der Waals surface area contributed by atoms with Gasteiger partial charge in [-0.25, -0.2) is 0 Å². The fourth-order valence-electron chi connectivity index (χ4n) is 0.501. The van der Waals surface area contributed by atoms with E-state index in [9.17, 15) is 0 Å². The molecule has 1 heteroatoms. The van der Waals surface area contributed by atoms with Gasteiger partial charge in [0.1, 0.15) is 0 Å². The molecule has 0 aliphatic heterocycles. The van der Waals surface area contributed by atoms with E-state index in [0.29, 0.717) is 5.02 Å². The van der Waals surface area contributed by atoms with E-state index >= 15 is 0 Å². The normalized spacial score (nSPS) is 9.25. The lowest BCUT2D eigenvalue weighted by Gasteiger charge is -1.90. The molecule has 0 aliphatic rings. The molecular weight excluding hydrogens is 120 g/mol. The minimum Gasteiger partial charge on any atom is -0.0834 e. The summed E-state index contributed by atoms with van der Waals surface area (Å²) in [4.78, 5) is 0. The Kier molecular flexibility index (Phi) is 1.54. The van der Waals surface area contributed by atoms with Crippen LogP contribution in [0.25, 0.3) is 0 Å². The van der Waals surface area contributed by atoms with Crippen molar-refractivity contribution in [1.82, 2.24) is 0 Å². The molecule has 0 atom stereocenters. The standard InChI is InChI=1S/C7H6Cl/c1-6-4-2-3-5-7(6)8/h2-4H,1H3. The zero-order chi connectivity index (χ0) is 5.98. The Morgan fingerprint density at radius 2 is 2.38 bits per heavy atom. The largest absolute Gasteiger partial charge is 0.0834 e. The molecule has 1 aromatic rings. The van der Waals surface area contributed by atoms with Crippen LogP contribution in [0.15, 0.2) is 18.2 Å². The first-order chi connectivity index (χ1) is 3.80. The summed E-state index contributed by atoms with van der Waals surface area (Å²) in [5, 5.41) is 0.715. The highest BCUT2D eigenvalue weighted by molar-refractivity contribution is 6.31. The van der Waals surface area contributed by atoms with Crippen molar-refractivity contribution in [2.45, 2.75) is 6.92 Å². The second-order valence-corrected chi connectivity index (χ2v) is 2.05. The van der Waals surface area contributed by atoms with Crippen LogP contribution in [0.2, 0.25) is 5.02 Å². The molecule has 0 saturated heterocycles. The highest BCUT2D eigenvalue weighted by Gasteiger charge is 1.87. The minimum atomic E-state index is 0.715. The predicted molar refractivity (Wildman–Crippen MR) is 35.0 cm³/mol. The summed E-state index contributed by atoms with van der Waals surface area (Å²) >= 11 is 5.65. The first kappa shape index (κ1) is 5.64. The van der Waals surface area contributed by atoms with Crippen molar-refractivity contribution in [3.05, 3.63) is 34.9 Å². The van der Waals surface area contributed by atoms with Crippen LogP contribution >= 0.6 is 11.6 Å². The van der Waals surface area contributed by atoms with Gasteiger partial charge in [-0.2, -0.15) is 0 Å². The molecule has 41 valence electrons. The highest BCUT2D eigenvalue weighted by Crippen LogP contribution is 2.11. The zero-order valence-corrected chi connectivity index (χ0v) is 5.37. The van der Waals surface area contributed by atoms with Gasteiger partial charge in [0.15, 0.2) is 0 Å². The van der Waals surface area contributed by atoms with Crippen LogP contribution < -0.4 is 0 Å². The molecule has 8 heavy (non-hydrogen) atoms. The minimum absolute atomic E-state index is 0.715. The van der Waals surface area contributed by atoms with Crippen molar-refractivity contribution in [2.75, 3.05) is 0 Å². The van der Waals surface area contributed by atoms with Crippen LogP contribution in [0.1, 0.15) is 5.56 Å². The number of hydrogen-bond acceptors (Lipinski definition) is 0. The van der Waals surface area contributed by atoms with Crippen molar-refractivity contribution in [3.63, 3.8) is 0 Å². The molecule has 0 bridgehead atoms. The molecule has 0 spiro atoms. The molecule has 0 fully saturated rings. The Morgan fingerprint density at radius 1 is 1.62 bits per heavy atom. The molecule has 0 saturated carbocycles. The molecule has 1 radical (unpaired) electrons. The van der Waals surface area contributed by atoms with Gasteiger partial charge < -0.3 is 0 Å². The summed E-state index contributed by atoms with van der Waals surface area (Å²) in [7, 11) is 0. The Labute approximate surface area is 54.1 Å². The monoisotopic (exact) mass is 125 g/mol. The molecule has 1 aromatic carbocycles. The lowest BCUT2D eigenvalue weighted by molar-refractivity contribution is 1.47. The van der Waals surface area contributed by atoms with Gasteiger partial charge in [-0.05, 0) is 12.5 Å². The molecule has 0 N–H and O–H groups in total. The fourth-order valence-corrected chi connectivity index (χ4v) is 0.627. The number of halogens is 1. The molecular formula is C7H6Cl. The van der Waals surface area contributed by atoms with E-state index in [1.54, 1.807) is 6.07 Å². The Bertz CT molecular complexity index is 160. The second kappa shape index (κ2) is 2.19. The van der Waals surface area contributed by atoms with Gasteiger partial charge in [-0.3, -0.25) is 0 Å². The van der Waals surface area contributed by atoms with Crippen molar-refractivity contribution >= 4 is 11.6 Å². The molecule has 0 aromatic heterocycles. The van der Waals surface area contributed by atoms with E-state index in [-0.39, 0.29) is 0 Å². The highest BCUT2D eigenvalue weighted by atomic mass is 35.5. The van der Waals surface area contributed by atoms with Crippen molar-refractivity contribution in [2.24, 2.45) is 0 Å². The maximum atomic E-state index is 5.65. The maximum Gasteiger partial charge on any atom is 0.0514 e. The summed E-state index contributed by atoms with van der Waals surface area (Å²) in [6.45, 7) is 1.96. The smallest absolute Gasteiger partial charge is 0.0514 e. The maximum absolute atomic E-state index is 5.65. The van der Waals surface area contributed by atoms with Crippen LogP contribution in [0.3, 0.4) is 0 Å². The SMILES string of the molecule is Cc1ccc[c]c1Cl. The Hall–Kier alpha value is -0.490. The van der Waals surface area contributed by atoms with Crippen LogP contribution in [0.5, 0.6) is 0 Å². The first-order valence-electron chi connectivity index (χ1n) is 2.43. The average Bonchev–Trinajstić information content (AvgIpc) is 1.77. The quantitative estimate of drug-likeness (QED) is 0.500. The number of rotatable bonds is 0. The van der Waals surface area contributed by atoms with Gasteiger partial charge in [0, 0.05) is 6.07 Å². The number of benzene rings is 1. The summed E-state index contributed by atoms with van der Waals surface area (Å²) in [5.41, 5.74) is 1.08. The predicted octanol–water partition coefficient (Wildman–Crippen LogP) is 2.45. The summed E-state index contributed by atoms with van der Waals surface area (Å²) in [5.74, 6) is 0. The number of aryl methyl sites for hydroxylation is 1. The topological polar surface area (TPSA) is 0 Å². The van der Waals surface area contributed by atoms with E-state index in [4.69, 9.17) is 11.6 Å². The summed E-state index contributed by atoms with van der Waals surface area (Å²) < 4.78 is 0. The molecule has 1 rings (SSSR count). The molecule has 0 aliphatic carbocycles. The third-order valence-electron chi connectivity index (χ3n) is 0.999. The van der Waals surface area contributed by atoms with Crippen molar-refractivity contribution in [1.29, 1.82) is 0 Å². The zero-order valence-electron chi connectivity index (χ0n) is 4.61. The Balaban J connectivity index is 3.13. The summed E-state index contributed by atoms with van der Waals surface area (Å²) in [6.07, 6.45) is 0. The van der Waals surface area contributed by atoms with E-state index in [2.05, 4.69) is 6.07 Å². The van der Waals surface area contributed by atoms with Crippen LogP contribution in [0, 0.1) is 13.0 Å². The van der Waals surface area contributed by atoms with E-state index < -0.39 is 0 Å². The van der Waals surface area contributed by atoms with E-state index in [0.717, 1.165) is 5.56 Å². The summed E-state index contributed by atoms with van der Waals surface area (Å²) in [6, 6.07) is 8.54. The molecule has 0 nitrogen and oxygen atoms in total. The third-order valence-corrected chi connectivity index (χ3v) is 1.41. The molecule has 0 heterocycles. The average molecular weight is 126 g/mol. The Morgan fingerprint density at radius 3 is 2.75 bits per heavy atom. The third kappa shape index (κ3) is 1.01. The lowest BCUT2D eigenvalue weighted by Crippen LogP contribution is -1.69. The van der Waals surface area contributed by atoms with Gasteiger partial charge in [-0.1, -0.05) is 29.8 Å². The van der Waals surface area contributed by atoms with Gasteiger partial charge in [0.2, 0.25) is 0 Å². The molecule has 0 unspecified atom stereocenters. The second-order valence-electron chi connectivity index (χ2n) is 1.67. The van der Waals surface area contributed by atoms with Gasteiger partial charge in [0.25, 0.3) is 0 Å². The number of hydrogen-bond donors (Lipinski definition) is 0. The van der Waals surface area contributed by atoms with Crippen LogP contribution in [-0.2, 0) is 0 Å². The van der Waals surface area contributed by atoms with Gasteiger partial charge >= 0.3 is 0 Å². The van der Waals surface area contributed by atoms with E-state index in [1.165, 1.54) is 0 Å². The van der Waals surface area contributed by atoms with E-state index in [1.807, 2.05) is 19.1 Å². The van der Waals surface area contributed by atoms with Crippen LogP contribution in [0.4, 0.5) is 0 Å².